The number of para-hydroxylation sites is 1. The van der Waals surface area contributed by atoms with Gasteiger partial charge in [-0.15, -0.1) is 0 Å². The monoisotopic (exact) mass is 287 g/mol. The molecule has 2 aromatic rings. The van der Waals surface area contributed by atoms with Crippen LogP contribution >= 0.6 is 0 Å². The van der Waals surface area contributed by atoms with Crippen molar-refractivity contribution in [1.82, 2.24) is 14.9 Å². The maximum atomic E-state index is 11.7. The Hall–Kier alpha value is -2.30. The zero-order chi connectivity index (χ0) is 15.1. The van der Waals surface area contributed by atoms with E-state index in [0.717, 1.165) is 29.8 Å². The van der Waals surface area contributed by atoms with Crippen molar-refractivity contribution < 1.29 is 9.53 Å². The zero-order valence-corrected chi connectivity index (χ0v) is 12.5. The molecular formula is C16H21N3O2. The molecule has 0 fully saturated rings. The molecule has 1 heterocycles. The predicted octanol–water partition coefficient (Wildman–Crippen LogP) is 1.72. The molecule has 1 amide bonds. The molecular weight excluding hydrogens is 266 g/mol. The number of aromatic nitrogens is 2. The lowest BCUT2D eigenvalue weighted by Crippen LogP contribution is -2.30. The van der Waals surface area contributed by atoms with Crippen LogP contribution in [-0.2, 0) is 24.7 Å². The van der Waals surface area contributed by atoms with Gasteiger partial charge in [0.2, 0.25) is 0 Å². The van der Waals surface area contributed by atoms with E-state index in [-0.39, 0.29) is 12.5 Å². The van der Waals surface area contributed by atoms with Crippen molar-refractivity contribution in [2.75, 3.05) is 13.2 Å². The summed E-state index contributed by atoms with van der Waals surface area (Å²) in [5, 5.41) is 2.83. The highest BCUT2D eigenvalue weighted by molar-refractivity contribution is 5.77. The smallest absolute Gasteiger partial charge is 0.257 e. The lowest BCUT2D eigenvalue weighted by Gasteiger charge is -2.10. The molecule has 5 heteroatoms. The van der Waals surface area contributed by atoms with Crippen molar-refractivity contribution >= 4 is 5.91 Å². The van der Waals surface area contributed by atoms with Crippen LogP contribution in [0.5, 0.6) is 5.75 Å². The van der Waals surface area contributed by atoms with Crippen LogP contribution < -0.4 is 10.1 Å². The normalized spacial score (nSPS) is 10.4. The van der Waals surface area contributed by atoms with Gasteiger partial charge < -0.3 is 14.6 Å². The SMILES string of the molecule is CCc1ccccc1OCC(=O)NCCc1cn(C)cn1. The number of nitrogens with zero attached hydrogens (tertiary/aromatic N) is 2. The van der Waals surface area contributed by atoms with Gasteiger partial charge in [-0.05, 0) is 18.1 Å². The third-order valence-corrected chi connectivity index (χ3v) is 3.17. The van der Waals surface area contributed by atoms with Crippen LogP contribution in [0.15, 0.2) is 36.8 Å². The number of hydrogen-bond acceptors (Lipinski definition) is 3. The lowest BCUT2D eigenvalue weighted by atomic mass is 10.1. The number of aryl methyl sites for hydroxylation is 2. The Kier molecular flexibility index (Phi) is 5.37. The second-order valence-electron chi connectivity index (χ2n) is 4.88. The van der Waals surface area contributed by atoms with Crippen molar-refractivity contribution in [2.45, 2.75) is 19.8 Å². The molecule has 1 aromatic heterocycles. The van der Waals surface area contributed by atoms with Gasteiger partial charge in [0.05, 0.1) is 12.0 Å². The van der Waals surface area contributed by atoms with Gasteiger partial charge in [-0.1, -0.05) is 25.1 Å². The number of nitrogens with one attached hydrogen (secondary N) is 1. The average Bonchev–Trinajstić information content (AvgIpc) is 2.91. The molecule has 0 aliphatic rings. The van der Waals surface area contributed by atoms with E-state index in [1.165, 1.54) is 0 Å². The molecule has 0 bridgehead atoms. The summed E-state index contributed by atoms with van der Waals surface area (Å²) in [5.74, 6) is 0.664. The Morgan fingerprint density at radius 1 is 1.38 bits per heavy atom. The average molecular weight is 287 g/mol. The highest BCUT2D eigenvalue weighted by Crippen LogP contribution is 2.17. The maximum absolute atomic E-state index is 11.7. The number of hydrogen-bond donors (Lipinski definition) is 1. The number of benzene rings is 1. The molecule has 1 aromatic carbocycles. The first-order valence-electron chi connectivity index (χ1n) is 7.13. The Bertz CT molecular complexity index is 593. The van der Waals surface area contributed by atoms with Crippen molar-refractivity contribution in [3.8, 4) is 5.75 Å². The van der Waals surface area contributed by atoms with Gasteiger partial charge in [0.25, 0.3) is 5.91 Å². The van der Waals surface area contributed by atoms with Gasteiger partial charge in [-0.3, -0.25) is 4.79 Å². The second kappa shape index (κ2) is 7.47. The summed E-state index contributed by atoms with van der Waals surface area (Å²) in [5.41, 5.74) is 2.08. The van der Waals surface area contributed by atoms with E-state index in [9.17, 15) is 4.79 Å². The van der Waals surface area contributed by atoms with Crippen LogP contribution in [0.1, 0.15) is 18.2 Å². The molecule has 0 saturated carbocycles. The summed E-state index contributed by atoms with van der Waals surface area (Å²) in [6.07, 6.45) is 5.30. The van der Waals surface area contributed by atoms with Crippen LogP contribution in [0.3, 0.4) is 0 Å². The topological polar surface area (TPSA) is 56.1 Å². The van der Waals surface area contributed by atoms with E-state index in [0.29, 0.717) is 6.54 Å². The van der Waals surface area contributed by atoms with E-state index in [1.807, 2.05) is 42.1 Å². The minimum atomic E-state index is -0.114. The second-order valence-corrected chi connectivity index (χ2v) is 4.88. The van der Waals surface area contributed by atoms with Gasteiger partial charge in [0.1, 0.15) is 5.75 Å². The Labute approximate surface area is 125 Å². The molecule has 0 unspecified atom stereocenters. The molecule has 0 spiro atoms. The molecule has 21 heavy (non-hydrogen) atoms. The fourth-order valence-corrected chi connectivity index (χ4v) is 2.06. The minimum Gasteiger partial charge on any atom is -0.483 e. The van der Waals surface area contributed by atoms with Crippen molar-refractivity contribution in [3.05, 3.63) is 48.0 Å². The molecule has 0 radical (unpaired) electrons. The van der Waals surface area contributed by atoms with Gasteiger partial charge in [-0.25, -0.2) is 4.98 Å². The van der Waals surface area contributed by atoms with Gasteiger partial charge >= 0.3 is 0 Å². The third-order valence-electron chi connectivity index (χ3n) is 3.17. The molecule has 0 aliphatic carbocycles. The fourth-order valence-electron chi connectivity index (χ4n) is 2.06. The molecule has 112 valence electrons. The number of amides is 1. The highest BCUT2D eigenvalue weighted by atomic mass is 16.5. The number of imidazole rings is 1. The third kappa shape index (κ3) is 4.63. The first-order valence-corrected chi connectivity index (χ1v) is 7.13. The predicted molar refractivity (Wildman–Crippen MR) is 81.2 cm³/mol. The van der Waals surface area contributed by atoms with Crippen LogP contribution in [0.25, 0.3) is 0 Å². The molecule has 0 atom stereocenters. The molecule has 0 aliphatic heterocycles. The Balaban J connectivity index is 1.72. The van der Waals surface area contributed by atoms with Crippen LogP contribution in [0.4, 0.5) is 0 Å². The summed E-state index contributed by atoms with van der Waals surface area (Å²) in [4.78, 5) is 16.0. The number of ether oxygens (including phenoxy) is 1. The molecule has 2 rings (SSSR count). The van der Waals surface area contributed by atoms with Crippen molar-refractivity contribution in [2.24, 2.45) is 7.05 Å². The number of carbonyl (C=O) groups is 1. The molecule has 5 nitrogen and oxygen atoms in total. The van der Waals surface area contributed by atoms with Gasteiger partial charge in [-0.2, -0.15) is 0 Å². The van der Waals surface area contributed by atoms with E-state index in [1.54, 1.807) is 6.33 Å². The van der Waals surface area contributed by atoms with Crippen LogP contribution in [0, 0.1) is 0 Å². The zero-order valence-electron chi connectivity index (χ0n) is 12.5. The van der Waals surface area contributed by atoms with Crippen molar-refractivity contribution in [3.63, 3.8) is 0 Å². The van der Waals surface area contributed by atoms with E-state index < -0.39 is 0 Å². The Morgan fingerprint density at radius 3 is 2.90 bits per heavy atom. The molecule has 0 saturated heterocycles. The van der Waals surface area contributed by atoms with Crippen LogP contribution in [-0.4, -0.2) is 28.6 Å². The number of rotatable bonds is 7. The summed E-state index contributed by atoms with van der Waals surface area (Å²) >= 11 is 0. The van der Waals surface area contributed by atoms with E-state index in [4.69, 9.17) is 4.74 Å². The van der Waals surface area contributed by atoms with E-state index in [2.05, 4.69) is 17.2 Å². The first kappa shape index (κ1) is 15.1. The largest absolute Gasteiger partial charge is 0.483 e. The van der Waals surface area contributed by atoms with E-state index >= 15 is 0 Å². The summed E-state index contributed by atoms with van der Waals surface area (Å²) in [6.45, 7) is 2.67. The van der Waals surface area contributed by atoms with Crippen molar-refractivity contribution in [1.29, 1.82) is 0 Å². The Morgan fingerprint density at radius 2 is 2.19 bits per heavy atom. The summed E-state index contributed by atoms with van der Waals surface area (Å²) in [6, 6.07) is 7.78. The van der Waals surface area contributed by atoms with Gasteiger partial charge in [0.15, 0.2) is 6.61 Å². The summed E-state index contributed by atoms with van der Waals surface area (Å²) < 4.78 is 7.46. The standard InChI is InChI=1S/C16H21N3O2/c1-3-13-6-4-5-7-15(13)21-11-16(20)17-9-8-14-10-19(2)12-18-14/h4-7,10,12H,3,8-9,11H2,1-2H3,(H,17,20). The first-order chi connectivity index (χ1) is 10.2. The maximum Gasteiger partial charge on any atom is 0.257 e. The fraction of sp³-hybridized carbons (Fsp3) is 0.375. The number of carbonyl (C=O) groups excluding carboxylic acids is 1. The quantitative estimate of drug-likeness (QED) is 0.843. The van der Waals surface area contributed by atoms with Gasteiger partial charge in [0, 0.05) is 26.2 Å². The minimum absolute atomic E-state index is 0.0409. The lowest BCUT2D eigenvalue weighted by molar-refractivity contribution is -0.123. The van der Waals surface area contributed by atoms with Crippen LogP contribution in [0.2, 0.25) is 0 Å². The summed E-state index contributed by atoms with van der Waals surface area (Å²) in [7, 11) is 1.92. The highest BCUT2D eigenvalue weighted by Gasteiger charge is 2.05. The molecule has 1 N–H and O–H groups in total.